The maximum absolute atomic E-state index is 5.71. The van der Waals surface area contributed by atoms with Gasteiger partial charge in [-0.3, -0.25) is 0 Å². The van der Waals surface area contributed by atoms with Gasteiger partial charge in [-0.05, 0) is 52.4 Å². The van der Waals surface area contributed by atoms with Gasteiger partial charge < -0.3 is 14.6 Å². The fourth-order valence-corrected chi connectivity index (χ4v) is 2.01. The second-order valence-electron chi connectivity index (χ2n) is 4.67. The maximum atomic E-state index is 5.71. The van der Waals surface area contributed by atoms with E-state index < -0.39 is 0 Å². The van der Waals surface area contributed by atoms with E-state index in [1.54, 1.807) is 11.8 Å². The number of thioether (sulfide) groups is 1. The summed E-state index contributed by atoms with van der Waals surface area (Å²) < 4.78 is 5.71. The van der Waals surface area contributed by atoms with E-state index in [-0.39, 0.29) is 0 Å². The van der Waals surface area contributed by atoms with Gasteiger partial charge in [0.15, 0.2) is 0 Å². The topological polar surface area (TPSA) is 28.4 Å². The molecule has 0 aliphatic rings. The van der Waals surface area contributed by atoms with Crippen LogP contribution in [0.2, 0.25) is 0 Å². The molecule has 1 aromatic rings. The predicted molar refractivity (Wildman–Crippen MR) is 75.4 cm³/mol. The molecule has 3 nitrogen and oxygen atoms in total. The number of nitrogens with one attached hydrogen (secondary N) is 1. The van der Waals surface area contributed by atoms with Crippen LogP contribution >= 0.6 is 11.8 Å². The van der Waals surface area contributed by atoms with Crippen LogP contribution in [0.3, 0.4) is 0 Å². The molecule has 1 heterocycles. The summed E-state index contributed by atoms with van der Waals surface area (Å²) >= 11 is 1.78. The first-order chi connectivity index (χ1) is 8.11. The van der Waals surface area contributed by atoms with Crippen molar-refractivity contribution < 1.29 is 4.42 Å². The van der Waals surface area contributed by atoms with Crippen molar-refractivity contribution in [2.24, 2.45) is 0 Å². The molecule has 0 aliphatic heterocycles. The van der Waals surface area contributed by atoms with Crippen LogP contribution in [-0.2, 0) is 12.3 Å². The third kappa shape index (κ3) is 6.15. The first kappa shape index (κ1) is 14.6. The molecule has 0 amide bonds. The summed E-state index contributed by atoms with van der Waals surface area (Å²) in [7, 11) is 4.21. The van der Waals surface area contributed by atoms with E-state index in [2.05, 4.69) is 49.6 Å². The molecule has 4 heteroatoms. The van der Waals surface area contributed by atoms with Crippen molar-refractivity contribution in [2.75, 3.05) is 26.9 Å². The molecule has 17 heavy (non-hydrogen) atoms. The Bertz CT molecular complexity index is 312. The highest BCUT2D eigenvalue weighted by atomic mass is 32.2. The molecule has 0 aromatic carbocycles. The molecule has 1 N–H and O–H groups in total. The van der Waals surface area contributed by atoms with Crippen LogP contribution in [0.25, 0.3) is 0 Å². The zero-order chi connectivity index (χ0) is 12.7. The van der Waals surface area contributed by atoms with Gasteiger partial charge in [-0.25, -0.2) is 0 Å². The van der Waals surface area contributed by atoms with Crippen LogP contribution in [-0.4, -0.2) is 37.8 Å². The largest absolute Gasteiger partial charge is 0.464 e. The minimum Gasteiger partial charge on any atom is -0.464 e. The van der Waals surface area contributed by atoms with Crippen molar-refractivity contribution in [2.45, 2.75) is 31.7 Å². The molecule has 98 valence electrons. The Hall–Kier alpha value is -0.450. The summed E-state index contributed by atoms with van der Waals surface area (Å²) in [5.74, 6) is 3.05. The Morgan fingerprint density at radius 3 is 2.71 bits per heavy atom. The van der Waals surface area contributed by atoms with E-state index in [1.165, 1.54) is 0 Å². The number of furan rings is 1. The van der Waals surface area contributed by atoms with Crippen LogP contribution in [0.1, 0.15) is 24.9 Å². The molecule has 0 spiro atoms. The van der Waals surface area contributed by atoms with Gasteiger partial charge in [0.2, 0.25) is 0 Å². The molecule has 0 aliphatic carbocycles. The lowest BCUT2D eigenvalue weighted by molar-refractivity contribution is 0.357. The summed E-state index contributed by atoms with van der Waals surface area (Å²) in [6.45, 7) is 4.16. The number of rotatable bonds is 8. The lowest BCUT2D eigenvalue weighted by Gasteiger charge is -2.15. The first-order valence-electron chi connectivity index (χ1n) is 6.06. The van der Waals surface area contributed by atoms with Gasteiger partial charge in [-0.1, -0.05) is 0 Å². The normalized spacial score (nSPS) is 13.2. The lowest BCUT2D eigenvalue weighted by atomic mass is 10.2. The molecule has 1 aromatic heterocycles. The van der Waals surface area contributed by atoms with E-state index >= 15 is 0 Å². The molecule has 1 unspecified atom stereocenters. The van der Waals surface area contributed by atoms with Crippen molar-refractivity contribution >= 4 is 11.8 Å². The van der Waals surface area contributed by atoms with Crippen molar-refractivity contribution in [1.29, 1.82) is 0 Å². The minimum absolute atomic E-state index is 0.520. The second kappa shape index (κ2) is 7.80. The highest BCUT2D eigenvalue weighted by molar-refractivity contribution is 7.97. The minimum atomic E-state index is 0.520. The third-order valence-electron chi connectivity index (χ3n) is 2.64. The van der Waals surface area contributed by atoms with E-state index in [4.69, 9.17) is 4.42 Å². The Morgan fingerprint density at radius 1 is 1.35 bits per heavy atom. The van der Waals surface area contributed by atoms with Crippen LogP contribution in [0, 0.1) is 0 Å². The average molecular weight is 256 g/mol. The van der Waals surface area contributed by atoms with Gasteiger partial charge in [0, 0.05) is 6.04 Å². The molecular weight excluding hydrogens is 232 g/mol. The molecule has 0 saturated heterocycles. The number of nitrogens with zero attached hydrogens (tertiary/aromatic N) is 1. The van der Waals surface area contributed by atoms with Gasteiger partial charge in [-0.2, -0.15) is 11.8 Å². The van der Waals surface area contributed by atoms with Crippen LogP contribution in [0.5, 0.6) is 0 Å². The van der Waals surface area contributed by atoms with Gasteiger partial charge >= 0.3 is 0 Å². The Labute approximate surface area is 109 Å². The van der Waals surface area contributed by atoms with Crippen molar-refractivity contribution in [3.8, 4) is 0 Å². The van der Waals surface area contributed by atoms with Gasteiger partial charge in [0.1, 0.15) is 11.5 Å². The predicted octanol–water partition coefficient (Wildman–Crippen LogP) is 2.57. The van der Waals surface area contributed by atoms with E-state index in [9.17, 15) is 0 Å². The molecule has 0 fully saturated rings. The standard InChI is InChI=1S/C13H24N2OS/c1-11(7-8-15(2)3)14-9-12-5-6-13(16-12)10-17-4/h5-6,11,14H,7-10H2,1-4H3. The van der Waals surface area contributed by atoms with Gasteiger partial charge in [-0.15, -0.1) is 0 Å². The molecule has 0 saturated carbocycles. The van der Waals surface area contributed by atoms with Gasteiger partial charge in [0.05, 0.1) is 12.3 Å². The Morgan fingerprint density at radius 2 is 2.06 bits per heavy atom. The summed E-state index contributed by atoms with van der Waals surface area (Å²) in [4.78, 5) is 2.21. The SMILES string of the molecule is CSCc1ccc(CNC(C)CCN(C)C)o1. The van der Waals surface area contributed by atoms with Crippen LogP contribution in [0.4, 0.5) is 0 Å². The molecule has 0 radical (unpaired) electrons. The quantitative estimate of drug-likeness (QED) is 0.774. The number of hydrogen-bond donors (Lipinski definition) is 1. The number of hydrogen-bond acceptors (Lipinski definition) is 4. The Kier molecular flexibility index (Phi) is 6.70. The van der Waals surface area contributed by atoms with E-state index in [1.807, 2.05) is 0 Å². The molecular formula is C13H24N2OS. The van der Waals surface area contributed by atoms with E-state index in [0.717, 1.165) is 36.8 Å². The molecule has 1 rings (SSSR count). The van der Waals surface area contributed by atoms with Crippen molar-refractivity contribution in [3.63, 3.8) is 0 Å². The zero-order valence-electron chi connectivity index (χ0n) is 11.3. The highest BCUT2D eigenvalue weighted by Crippen LogP contribution is 2.13. The maximum Gasteiger partial charge on any atom is 0.118 e. The third-order valence-corrected chi connectivity index (χ3v) is 3.21. The van der Waals surface area contributed by atoms with E-state index in [0.29, 0.717) is 6.04 Å². The van der Waals surface area contributed by atoms with Crippen LogP contribution < -0.4 is 5.32 Å². The first-order valence-corrected chi connectivity index (χ1v) is 7.46. The summed E-state index contributed by atoms with van der Waals surface area (Å²) in [6, 6.07) is 4.65. The fraction of sp³-hybridized carbons (Fsp3) is 0.692. The summed E-state index contributed by atoms with van der Waals surface area (Å²) in [5.41, 5.74) is 0. The fourth-order valence-electron chi connectivity index (χ4n) is 1.57. The van der Waals surface area contributed by atoms with Crippen molar-refractivity contribution in [3.05, 3.63) is 23.7 Å². The average Bonchev–Trinajstić information content (AvgIpc) is 2.72. The molecule has 1 atom stereocenters. The van der Waals surface area contributed by atoms with Crippen molar-refractivity contribution in [1.82, 2.24) is 10.2 Å². The van der Waals surface area contributed by atoms with Crippen LogP contribution in [0.15, 0.2) is 16.5 Å². The summed E-state index contributed by atoms with van der Waals surface area (Å²) in [6.07, 6.45) is 3.25. The Balaban J connectivity index is 2.24. The smallest absolute Gasteiger partial charge is 0.118 e. The zero-order valence-corrected chi connectivity index (χ0v) is 12.1. The second-order valence-corrected chi connectivity index (χ2v) is 5.54. The lowest BCUT2D eigenvalue weighted by Crippen LogP contribution is -2.29. The summed E-state index contributed by atoms with van der Waals surface area (Å²) in [5, 5.41) is 3.48. The molecule has 0 bridgehead atoms. The highest BCUT2D eigenvalue weighted by Gasteiger charge is 2.05. The van der Waals surface area contributed by atoms with Gasteiger partial charge in [0.25, 0.3) is 0 Å². The monoisotopic (exact) mass is 256 g/mol.